The number of carboxylic acid groups (broad SMARTS) is 1. The van der Waals surface area contributed by atoms with Crippen molar-refractivity contribution in [3.8, 4) is 11.4 Å². The van der Waals surface area contributed by atoms with E-state index in [4.69, 9.17) is 11.6 Å². The van der Waals surface area contributed by atoms with Crippen LogP contribution in [0.1, 0.15) is 37.8 Å². The molecule has 32 heavy (non-hydrogen) atoms. The number of carboxylic acids is 1. The van der Waals surface area contributed by atoms with Crippen LogP contribution in [-0.4, -0.2) is 62.2 Å². The maximum absolute atomic E-state index is 15.0. The topological polar surface area (TPSA) is 124 Å². The van der Waals surface area contributed by atoms with Gasteiger partial charge in [0.2, 0.25) is 0 Å². The minimum Gasteiger partial charge on any atom is -0.477 e. The average Bonchev–Trinajstić information content (AvgIpc) is 3.33. The van der Waals surface area contributed by atoms with Crippen LogP contribution in [0.15, 0.2) is 18.6 Å². The molecule has 3 N–H and O–H groups in total. The molecule has 0 spiro atoms. The lowest BCUT2D eigenvalue weighted by atomic mass is 10.0. The molecular formula is C20H20ClFN6O3S. The number of hydrogen-bond acceptors (Lipinski definition) is 7. The van der Waals surface area contributed by atoms with E-state index in [9.17, 15) is 19.1 Å². The second kappa shape index (κ2) is 8.83. The number of aromatic carboxylic acids is 1. The van der Waals surface area contributed by atoms with E-state index in [0.29, 0.717) is 45.8 Å². The van der Waals surface area contributed by atoms with Crippen LogP contribution in [-0.2, 0) is 0 Å². The van der Waals surface area contributed by atoms with Gasteiger partial charge in [-0.05, 0) is 25.8 Å². The molecule has 12 heteroatoms. The average molecular weight is 479 g/mol. The molecule has 3 aromatic rings. The second-order valence-corrected chi connectivity index (χ2v) is 8.82. The van der Waals surface area contributed by atoms with Gasteiger partial charge >= 0.3 is 5.97 Å². The second-order valence-electron chi connectivity index (χ2n) is 7.46. The van der Waals surface area contributed by atoms with E-state index in [0.717, 1.165) is 11.3 Å². The maximum Gasteiger partial charge on any atom is 0.348 e. The van der Waals surface area contributed by atoms with E-state index in [2.05, 4.69) is 25.3 Å². The minimum atomic E-state index is -1.36. The molecule has 3 aromatic heterocycles. The highest BCUT2D eigenvalue weighted by molar-refractivity contribution is 7.17. The number of alkyl halides is 1. The molecule has 0 radical (unpaired) electrons. The Balaban J connectivity index is 1.48. The summed E-state index contributed by atoms with van der Waals surface area (Å²) in [5.41, 5.74) is 2.15. The number of hydrogen-bond donors (Lipinski definition) is 3. The van der Waals surface area contributed by atoms with Crippen LogP contribution < -0.4 is 10.2 Å². The summed E-state index contributed by atoms with van der Waals surface area (Å²) < 4.78 is 15.0. The predicted octanol–water partition coefficient (Wildman–Crippen LogP) is 3.24. The summed E-state index contributed by atoms with van der Waals surface area (Å²) in [6.07, 6.45) is 3.33. The van der Waals surface area contributed by atoms with Crippen molar-refractivity contribution in [2.24, 2.45) is 0 Å². The third-order valence-corrected chi connectivity index (χ3v) is 6.99. The quantitative estimate of drug-likeness (QED) is 0.514. The molecular weight excluding hydrogens is 459 g/mol. The highest BCUT2D eigenvalue weighted by Gasteiger charge is 2.33. The fourth-order valence-corrected chi connectivity index (χ4v) is 4.71. The van der Waals surface area contributed by atoms with Crippen molar-refractivity contribution in [3.63, 3.8) is 0 Å². The summed E-state index contributed by atoms with van der Waals surface area (Å²) in [6, 6.07) is -0.682. The number of nitrogens with zero attached hydrogens (tertiary/aromatic N) is 4. The molecule has 1 amide bonds. The summed E-state index contributed by atoms with van der Waals surface area (Å²) in [6.45, 7) is 3.87. The fourth-order valence-electron chi connectivity index (χ4n) is 3.62. The van der Waals surface area contributed by atoms with Crippen molar-refractivity contribution >= 4 is 39.9 Å². The molecule has 4 heterocycles. The van der Waals surface area contributed by atoms with Crippen LogP contribution in [0.25, 0.3) is 11.4 Å². The zero-order chi connectivity index (χ0) is 23.0. The van der Waals surface area contributed by atoms with Crippen LogP contribution >= 0.6 is 22.9 Å². The van der Waals surface area contributed by atoms with Crippen molar-refractivity contribution in [1.82, 2.24) is 25.3 Å². The standard InChI is InChI=1S/C20H20ClFN6O3S/c1-9-14(21)10(2)25-15(9)18(29)26-12-3-6-28(8-11(12)22)20-27-16(17(32-20)19(30)31)13-7-23-4-5-24-13/h4-5,7,11-12,25H,3,6,8H2,1-2H3,(H,26,29)(H,30,31)/t11-,12+/m0/s1. The van der Waals surface area contributed by atoms with E-state index >= 15 is 0 Å². The minimum absolute atomic E-state index is 0.0146. The number of thiazole rings is 1. The smallest absolute Gasteiger partial charge is 0.348 e. The molecule has 1 aliphatic rings. The summed E-state index contributed by atoms with van der Waals surface area (Å²) >= 11 is 7.10. The number of nitrogens with one attached hydrogen (secondary N) is 2. The number of aromatic nitrogens is 4. The molecule has 0 unspecified atom stereocenters. The number of anilines is 1. The number of halogens is 2. The Kier molecular flexibility index (Phi) is 6.11. The van der Waals surface area contributed by atoms with Crippen molar-refractivity contribution in [3.05, 3.63) is 45.4 Å². The van der Waals surface area contributed by atoms with Gasteiger partial charge in [-0.15, -0.1) is 0 Å². The SMILES string of the molecule is Cc1[nH]c(C(=O)N[C@@H]2CCN(c3nc(-c4cnccn4)c(C(=O)O)s3)C[C@@H]2F)c(C)c1Cl. The molecule has 9 nitrogen and oxygen atoms in total. The van der Waals surface area contributed by atoms with Gasteiger partial charge in [-0.25, -0.2) is 14.2 Å². The van der Waals surface area contributed by atoms with Gasteiger partial charge in [-0.1, -0.05) is 22.9 Å². The molecule has 1 fully saturated rings. The van der Waals surface area contributed by atoms with E-state index < -0.39 is 24.1 Å². The summed E-state index contributed by atoms with van der Waals surface area (Å²) in [4.78, 5) is 41.4. The van der Waals surface area contributed by atoms with E-state index in [-0.39, 0.29) is 17.1 Å². The summed E-state index contributed by atoms with van der Waals surface area (Å²) in [5, 5.41) is 13.2. The highest BCUT2D eigenvalue weighted by Crippen LogP contribution is 2.34. The fraction of sp³-hybridized carbons (Fsp3) is 0.350. The third kappa shape index (κ3) is 4.17. The van der Waals surface area contributed by atoms with Gasteiger partial charge in [0.15, 0.2) is 5.13 Å². The van der Waals surface area contributed by atoms with Crippen molar-refractivity contribution in [2.75, 3.05) is 18.0 Å². The summed E-state index contributed by atoms with van der Waals surface area (Å²) in [5.74, 6) is -1.55. The zero-order valence-corrected chi connectivity index (χ0v) is 18.8. The molecule has 2 atom stereocenters. The molecule has 0 saturated carbocycles. The number of carbonyl (C=O) groups is 2. The lowest BCUT2D eigenvalue weighted by molar-refractivity contribution is 0.0702. The van der Waals surface area contributed by atoms with Crippen LogP contribution in [0.2, 0.25) is 5.02 Å². The van der Waals surface area contributed by atoms with Gasteiger partial charge in [-0.2, -0.15) is 0 Å². The normalized spacial score (nSPS) is 18.6. The molecule has 4 rings (SSSR count). The van der Waals surface area contributed by atoms with Gasteiger partial charge in [0.25, 0.3) is 5.91 Å². The highest BCUT2D eigenvalue weighted by atomic mass is 35.5. The number of H-pyrrole nitrogens is 1. The van der Waals surface area contributed by atoms with E-state index in [1.54, 1.807) is 18.7 Å². The number of aryl methyl sites for hydroxylation is 1. The number of aromatic amines is 1. The Hall–Kier alpha value is -3.05. The Labute approximate surface area is 191 Å². The van der Waals surface area contributed by atoms with Gasteiger partial charge in [-0.3, -0.25) is 14.8 Å². The molecule has 1 saturated heterocycles. The first-order chi connectivity index (χ1) is 15.3. The van der Waals surface area contributed by atoms with Crippen molar-refractivity contribution in [1.29, 1.82) is 0 Å². The summed E-state index contributed by atoms with van der Waals surface area (Å²) in [7, 11) is 0. The third-order valence-electron chi connectivity index (χ3n) is 5.32. The van der Waals surface area contributed by atoms with Crippen molar-refractivity contribution in [2.45, 2.75) is 32.5 Å². The first-order valence-electron chi connectivity index (χ1n) is 9.81. The van der Waals surface area contributed by atoms with Crippen molar-refractivity contribution < 1.29 is 19.1 Å². The molecule has 1 aliphatic heterocycles. The van der Waals surface area contributed by atoms with E-state index in [1.165, 1.54) is 18.6 Å². The monoisotopic (exact) mass is 478 g/mol. The van der Waals surface area contributed by atoms with Crippen LogP contribution in [0.5, 0.6) is 0 Å². The lowest BCUT2D eigenvalue weighted by Gasteiger charge is -2.34. The number of carbonyl (C=O) groups excluding carboxylic acids is 1. The molecule has 0 bridgehead atoms. The zero-order valence-electron chi connectivity index (χ0n) is 17.2. The molecule has 0 aromatic carbocycles. The van der Waals surface area contributed by atoms with Crippen LogP contribution in [0, 0.1) is 13.8 Å². The van der Waals surface area contributed by atoms with Crippen LogP contribution in [0.3, 0.4) is 0 Å². The largest absolute Gasteiger partial charge is 0.477 e. The Morgan fingerprint density at radius 3 is 2.75 bits per heavy atom. The first-order valence-corrected chi connectivity index (χ1v) is 11.0. The van der Waals surface area contributed by atoms with Gasteiger partial charge in [0, 0.05) is 24.6 Å². The predicted molar refractivity (Wildman–Crippen MR) is 118 cm³/mol. The number of amides is 1. The Bertz CT molecular complexity index is 1170. The van der Waals surface area contributed by atoms with Gasteiger partial charge < -0.3 is 20.3 Å². The number of piperidine rings is 1. The Morgan fingerprint density at radius 1 is 1.38 bits per heavy atom. The number of rotatable bonds is 5. The maximum atomic E-state index is 15.0. The molecule has 168 valence electrons. The van der Waals surface area contributed by atoms with Crippen LogP contribution in [0.4, 0.5) is 9.52 Å². The van der Waals surface area contributed by atoms with Gasteiger partial charge in [0.1, 0.15) is 28.1 Å². The Morgan fingerprint density at radius 2 is 2.16 bits per heavy atom. The van der Waals surface area contributed by atoms with Gasteiger partial charge in [0.05, 0.1) is 23.8 Å². The first kappa shape index (κ1) is 22.2. The van der Waals surface area contributed by atoms with E-state index in [1.807, 2.05) is 0 Å². The lowest BCUT2D eigenvalue weighted by Crippen LogP contribution is -2.52. The molecule has 0 aliphatic carbocycles.